The lowest BCUT2D eigenvalue weighted by molar-refractivity contribution is -0.140. The molecule has 1 aromatic rings. The number of amides is 1. The van der Waals surface area contributed by atoms with Crippen molar-refractivity contribution in [3.8, 4) is 0 Å². The molecule has 0 N–H and O–H groups in total. The van der Waals surface area contributed by atoms with Crippen LogP contribution in [0.15, 0.2) is 18.3 Å². The van der Waals surface area contributed by atoms with E-state index in [0.717, 1.165) is 0 Å². The summed E-state index contributed by atoms with van der Waals surface area (Å²) in [5, 5.41) is 0. The van der Waals surface area contributed by atoms with Gasteiger partial charge in [-0.15, -0.1) is 0 Å². The minimum Gasteiger partial charge on any atom is -0.469 e. The SMILES string of the molecule is COC(=O)CCN(C)C(=O)c1cccnc1C. The Kier molecular flexibility index (Phi) is 4.63. The highest BCUT2D eigenvalue weighted by molar-refractivity contribution is 5.95. The molecule has 0 spiro atoms. The van der Waals surface area contributed by atoms with Crippen LogP contribution in [0.25, 0.3) is 0 Å². The van der Waals surface area contributed by atoms with Gasteiger partial charge in [-0.3, -0.25) is 14.6 Å². The van der Waals surface area contributed by atoms with Gasteiger partial charge in [-0.2, -0.15) is 0 Å². The van der Waals surface area contributed by atoms with Gasteiger partial charge < -0.3 is 9.64 Å². The first kappa shape index (κ1) is 13.2. The highest BCUT2D eigenvalue weighted by Gasteiger charge is 2.15. The standard InChI is InChI=1S/C12H16N2O3/c1-9-10(5-4-7-13-9)12(16)14(2)8-6-11(15)17-3/h4-5,7H,6,8H2,1-3H3. The molecular weight excluding hydrogens is 220 g/mol. The minimum absolute atomic E-state index is 0.139. The fourth-order valence-corrected chi connectivity index (χ4v) is 1.38. The normalized spacial score (nSPS) is 9.82. The number of carbonyl (C=O) groups is 2. The molecule has 0 aliphatic rings. The average Bonchev–Trinajstić information content (AvgIpc) is 2.35. The van der Waals surface area contributed by atoms with Crippen molar-refractivity contribution in [2.24, 2.45) is 0 Å². The lowest BCUT2D eigenvalue weighted by Crippen LogP contribution is -2.29. The zero-order valence-corrected chi connectivity index (χ0v) is 10.3. The van der Waals surface area contributed by atoms with Gasteiger partial charge in [0.05, 0.1) is 19.1 Å². The molecule has 5 heteroatoms. The molecule has 1 aromatic heterocycles. The lowest BCUT2D eigenvalue weighted by atomic mass is 10.2. The first-order valence-electron chi connectivity index (χ1n) is 5.30. The first-order chi connectivity index (χ1) is 8.06. The first-order valence-corrected chi connectivity index (χ1v) is 5.30. The van der Waals surface area contributed by atoms with Gasteiger partial charge in [0.15, 0.2) is 0 Å². The Morgan fingerprint density at radius 3 is 2.76 bits per heavy atom. The third-order valence-electron chi connectivity index (χ3n) is 2.46. The van der Waals surface area contributed by atoms with E-state index in [0.29, 0.717) is 17.8 Å². The number of methoxy groups -OCH3 is 1. The van der Waals surface area contributed by atoms with Gasteiger partial charge in [-0.05, 0) is 19.1 Å². The van der Waals surface area contributed by atoms with Crippen molar-refractivity contribution < 1.29 is 14.3 Å². The van der Waals surface area contributed by atoms with Crippen LogP contribution < -0.4 is 0 Å². The number of pyridine rings is 1. The van der Waals surface area contributed by atoms with Gasteiger partial charge in [0.2, 0.25) is 0 Å². The second kappa shape index (κ2) is 5.98. The van der Waals surface area contributed by atoms with Crippen molar-refractivity contribution in [3.05, 3.63) is 29.6 Å². The number of ether oxygens (including phenoxy) is 1. The summed E-state index contributed by atoms with van der Waals surface area (Å²) in [6.07, 6.45) is 1.83. The molecule has 0 aromatic carbocycles. The number of hydrogen-bond donors (Lipinski definition) is 0. The monoisotopic (exact) mass is 236 g/mol. The number of esters is 1. The summed E-state index contributed by atoms with van der Waals surface area (Å²) in [5.41, 5.74) is 1.24. The fraction of sp³-hybridized carbons (Fsp3) is 0.417. The summed E-state index contributed by atoms with van der Waals surface area (Å²) in [6, 6.07) is 3.44. The molecule has 0 fully saturated rings. The highest BCUT2D eigenvalue weighted by atomic mass is 16.5. The second-order valence-corrected chi connectivity index (χ2v) is 3.69. The summed E-state index contributed by atoms with van der Waals surface area (Å²) in [4.78, 5) is 28.5. The molecule has 5 nitrogen and oxygen atoms in total. The molecule has 0 radical (unpaired) electrons. The van der Waals surface area contributed by atoms with Crippen LogP contribution in [0.3, 0.4) is 0 Å². The molecule has 1 amide bonds. The predicted octanol–water partition coefficient (Wildman–Crippen LogP) is 1.03. The Morgan fingerprint density at radius 1 is 1.47 bits per heavy atom. The molecule has 1 heterocycles. The van der Waals surface area contributed by atoms with Crippen molar-refractivity contribution in [2.75, 3.05) is 20.7 Å². The Bertz CT molecular complexity index is 418. The van der Waals surface area contributed by atoms with Gasteiger partial charge in [0.25, 0.3) is 5.91 Å². The van der Waals surface area contributed by atoms with Gasteiger partial charge >= 0.3 is 5.97 Å². The largest absolute Gasteiger partial charge is 0.469 e. The maximum atomic E-state index is 12.0. The third-order valence-corrected chi connectivity index (χ3v) is 2.46. The molecular formula is C12H16N2O3. The summed E-state index contributed by atoms with van der Waals surface area (Å²) in [6.45, 7) is 2.11. The molecule has 0 saturated heterocycles. The van der Waals surface area contributed by atoms with Crippen LogP contribution in [0.5, 0.6) is 0 Å². The van der Waals surface area contributed by atoms with E-state index in [-0.39, 0.29) is 18.3 Å². The number of carbonyl (C=O) groups excluding carboxylic acids is 2. The van der Waals surface area contributed by atoms with E-state index >= 15 is 0 Å². The molecule has 92 valence electrons. The summed E-state index contributed by atoms with van der Waals surface area (Å²) >= 11 is 0. The minimum atomic E-state index is -0.326. The van der Waals surface area contributed by atoms with Gasteiger partial charge in [-0.25, -0.2) is 0 Å². The summed E-state index contributed by atoms with van der Waals surface area (Å²) in [7, 11) is 2.98. The summed E-state index contributed by atoms with van der Waals surface area (Å²) < 4.78 is 4.52. The number of aryl methyl sites for hydroxylation is 1. The molecule has 0 aliphatic carbocycles. The Balaban J connectivity index is 2.64. The van der Waals surface area contributed by atoms with Crippen LogP contribution in [-0.4, -0.2) is 42.5 Å². The van der Waals surface area contributed by atoms with Crippen molar-refractivity contribution in [1.29, 1.82) is 0 Å². The molecule has 0 bridgehead atoms. The maximum Gasteiger partial charge on any atom is 0.307 e. The van der Waals surface area contributed by atoms with E-state index in [1.165, 1.54) is 12.0 Å². The van der Waals surface area contributed by atoms with Crippen molar-refractivity contribution >= 4 is 11.9 Å². The van der Waals surface area contributed by atoms with Gasteiger partial charge in [0, 0.05) is 25.5 Å². The van der Waals surface area contributed by atoms with Crippen LogP contribution >= 0.6 is 0 Å². The fourth-order valence-electron chi connectivity index (χ4n) is 1.38. The van der Waals surface area contributed by atoms with Crippen LogP contribution in [0, 0.1) is 6.92 Å². The van der Waals surface area contributed by atoms with Crippen LogP contribution in [0.4, 0.5) is 0 Å². The lowest BCUT2D eigenvalue weighted by Gasteiger charge is -2.17. The van der Waals surface area contributed by atoms with E-state index in [1.54, 1.807) is 32.3 Å². The Morgan fingerprint density at radius 2 is 2.18 bits per heavy atom. The molecule has 0 saturated carbocycles. The van der Waals surface area contributed by atoms with Gasteiger partial charge in [-0.1, -0.05) is 0 Å². The van der Waals surface area contributed by atoms with E-state index in [2.05, 4.69) is 9.72 Å². The topological polar surface area (TPSA) is 59.5 Å². The van der Waals surface area contributed by atoms with E-state index in [1.807, 2.05) is 0 Å². The number of hydrogen-bond acceptors (Lipinski definition) is 4. The number of aromatic nitrogens is 1. The second-order valence-electron chi connectivity index (χ2n) is 3.69. The molecule has 17 heavy (non-hydrogen) atoms. The maximum absolute atomic E-state index is 12.0. The zero-order valence-electron chi connectivity index (χ0n) is 10.3. The summed E-state index contributed by atoms with van der Waals surface area (Å²) in [5.74, 6) is -0.466. The van der Waals surface area contributed by atoms with Crippen molar-refractivity contribution in [1.82, 2.24) is 9.88 Å². The number of rotatable bonds is 4. The smallest absolute Gasteiger partial charge is 0.307 e. The highest BCUT2D eigenvalue weighted by Crippen LogP contribution is 2.07. The van der Waals surface area contributed by atoms with E-state index < -0.39 is 0 Å². The Labute approximate surface area is 100 Å². The predicted molar refractivity (Wildman–Crippen MR) is 62.6 cm³/mol. The molecule has 0 aliphatic heterocycles. The van der Waals surface area contributed by atoms with Crippen molar-refractivity contribution in [2.45, 2.75) is 13.3 Å². The average molecular weight is 236 g/mol. The van der Waals surface area contributed by atoms with Crippen LogP contribution in [0.1, 0.15) is 22.5 Å². The molecule has 0 unspecified atom stereocenters. The molecule has 1 rings (SSSR count). The van der Waals surface area contributed by atoms with Crippen molar-refractivity contribution in [3.63, 3.8) is 0 Å². The number of nitrogens with zero attached hydrogens (tertiary/aromatic N) is 2. The van der Waals surface area contributed by atoms with Crippen LogP contribution in [-0.2, 0) is 9.53 Å². The zero-order chi connectivity index (χ0) is 12.8. The van der Waals surface area contributed by atoms with E-state index in [9.17, 15) is 9.59 Å². The van der Waals surface area contributed by atoms with Crippen LogP contribution in [0.2, 0.25) is 0 Å². The Hall–Kier alpha value is -1.91. The van der Waals surface area contributed by atoms with E-state index in [4.69, 9.17) is 0 Å². The molecule has 0 atom stereocenters. The third kappa shape index (κ3) is 3.55. The quantitative estimate of drug-likeness (QED) is 0.732. The van der Waals surface area contributed by atoms with Gasteiger partial charge in [0.1, 0.15) is 0 Å².